The molecule has 3 aliphatic carbocycles. The van der Waals surface area contributed by atoms with Crippen LogP contribution in [-0.4, -0.2) is 189 Å². The van der Waals surface area contributed by atoms with Crippen molar-refractivity contribution in [2.75, 3.05) is 19.6 Å². The van der Waals surface area contributed by atoms with Gasteiger partial charge in [-0.15, -0.1) is 6.58 Å². The van der Waals surface area contributed by atoms with Crippen molar-refractivity contribution in [3.05, 3.63) is 124 Å². The van der Waals surface area contributed by atoms with Crippen LogP contribution in [0.3, 0.4) is 0 Å². The molecule has 27 nitrogen and oxygen atoms in total. The summed E-state index contributed by atoms with van der Waals surface area (Å²) in [7, 11) is 0. The van der Waals surface area contributed by atoms with Gasteiger partial charge in [-0.25, -0.2) is 44.3 Å². The van der Waals surface area contributed by atoms with E-state index in [0.717, 1.165) is 44.6 Å². The average molecular weight is 2040 g/mol. The Kier molecular flexibility index (Phi) is 33.8. The second-order valence-electron chi connectivity index (χ2n) is 45.4. The van der Waals surface area contributed by atoms with Crippen LogP contribution in [0.25, 0.3) is 33.1 Å². The van der Waals surface area contributed by atoms with Crippen molar-refractivity contribution in [3.63, 3.8) is 0 Å². The summed E-state index contributed by atoms with van der Waals surface area (Å²) < 4.78 is 147. The maximum absolute atomic E-state index is 16.0. The molecular weight excluding hydrogens is 1910 g/mol. The largest absolute Gasteiger partial charge is 0.471 e. The maximum Gasteiger partial charge on any atom is 0.329 e. The predicted molar refractivity (Wildman–Crippen MR) is 522 cm³/mol. The number of rotatable bonds is 14. The number of nitrogens with zero attached hydrogens (tertiary/aromatic N) is 9. The molecule has 0 N–H and O–H groups in total. The first kappa shape index (κ1) is 111. The molecule has 14 rings (SSSR count). The number of alkyl halides is 6. The van der Waals surface area contributed by atoms with Gasteiger partial charge >= 0.3 is 47.7 Å². The minimum atomic E-state index is -3.61. The van der Waals surface area contributed by atoms with Gasteiger partial charge in [0.15, 0.2) is 17.1 Å². The summed E-state index contributed by atoms with van der Waals surface area (Å²) in [6.45, 7) is 43.8. The molecule has 3 amide bonds. The lowest BCUT2D eigenvalue weighted by atomic mass is 9.77. The zero-order chi connectivity index (χ0) is 105. The van der Waals surface area contributed by atoms with Gasteiger partial charge in [0, 0.05) is 39.2 Å². The SMILES string of the molecule is C=CCC[C@@H]1C[C@H]1OC(=O)C[C@H](C(=O)N1C[C@H](Oc2nc3cc(Cl)ccc3nc2C(F)(F)C=C)[C@@H](C)[C@H]1C(=O)OC(C)(C)C)C(C)(C)C.C[C@@H]1[C@@H]2CN(C(=O)[C@H](C(C)(C)C)CC(=O)O[C@@H]3C[C@H]3CCC/C=C/C(F)(F)c3nc4ccc(Cl)cc4nc3O2)[C@@H]1C(=O)OC(C)(C)C.C[C@@H]1[C@@H]2CN(C(=O)[C@H](C(C)(C)C)CC(=O)O[C@@H]3C[C@H]3CCCCCC(F)(F)c3nc4ccc(Cl)cc4nc3O2)[C@@H]1C(=O)OC(C)(C)C. The van der Waals surface area contributed by atoms with Gasteiger partial charge in [-0.3, -0.25) is 28.8 Å². The number of carbonyl (C=O) groups is 9. The molecule has 5 aliphatic heterocycles. The molecule has 776 valence electrons. The van der Waals surface area contributed by atoms with Gasteiger partial charge in [0.2, 0.25) is 35.4 Å². The molecule has 3 aromatic heterocycles. The Morgan fingerprint density at radius 2 is 0.979 bits per heavy atom. The Bertz CT molecular complexity index is 5740. The Morgan fingerprint density at radius 1 is 0.528 bits per heavy atom. The van der Waals surface area contributed by atoms with Crippen molar-refractivity contribution in [2.45, 2.75) is 337 Å². The minimum absolute atomic E-state index is 0.115. The van der Waals surface area contributed by atoms with Crippen LogP contribution >= 0.6 is 34.8 Å². The Labute approximate surface area is 841 Å². The van der Waals surface area contributed by atoms with E-state index in [0.29, 0.717) is 53.2 Å². The van der Waals surface area contributed by atoms with Crippen molar-refractivity contribution < 1.29 is 112 Å². The molecule has 3 saturated heterocycles. The third-order valence-corrected chi connectivity index (χ3v) is 27.8. The average Bonchev–Trinajstić information content (AvgIpc) is 0.967. The summed E-state index contributed by atoms with van der Waals surface area (Å²) >= 11 is 18.5. The number of hydrogen-bond acceptors (Lipinski definition) is 24. The lowest BCUT2D eigenvalue weighted by Gasteiger charge is -2.35. The van der Waals surface area contributed by atoms with Gasteiger partial charge in [0.25, 0.3) is 5.92 Å². The predicted octanol–water partition coefficient (Wildman–Crippen LogP) is 21.7. The fourth-order valence-corrected chi connectivity index (χ4v) is 19.3. The van der Waals surface area contributed by atoms with E-state index in [1.54, 1.807) is 95.2 Å². The molecule has 36 heteroatoms. The summed E-state index contributed by atoms with van der Waals surface area (Å²) in [4.78, 5) is 154. The molecule has 3 saturated carbocycles. The summed E-state index contributed by atoms with van der Waals surface area (Å²) in [5, 5.41) is 1.02. The van der Waals surface area contributed by atoms with Crippen LogP contribution in [0.4, 0.5) is 26.3 Å². The number of benzene rings is 3. The quantitative estimate of drug-likeness (QED) is 0.0423. The summed E-state index contributed by atoms with van der Waals surface area (Å²) in [6.07, 6.45) is 7.97. The van der Waals surface area contributed by atoms with Crippen molar-refractivity contribution >= 4 is 121 Å². The van der Waals surface area contributed by atoms with Crippen molar-refractivity contribution in [1.82, 2.24) is 44.6 Å². The van der Waals surface area contributed by atoms with Gasteiger partial charge in [-0.05, 0) is 227 Å². The highest BCUT2D eigenvalue weighted by Gasteiger charge is 2.58. The first-order valence-corrected chi connectivity index (χ1v) is 50.2. The van der Waals surface area contributed by atoms with Crippen LogP contribution in [0.2, 0.25) is 15.1 Å². The summed E-state index contributed by atoms with van der Waals surface area (Å²) in [5.41, 5.74) is -5.32. The molecule has 0 radical (unpaired) electrons. The van der Waals surface area contributed by atoms with Gasteiger partial charge in [0.1, 0.15) is 71.6 Å². The number of carbonyl (C=O) groups excluding carboxylic acids is 9. The van der Waals surface area contributed by atoms with Crippen molar-refractivity contribution in [2.24, 2.45) is 69.5 Å². The van der Waals surface area contributed by atoms with Gasteiger partial charge in [-0.1, -0.05) is 149 Å². The summed E-state index contributed by atoms with van der Waals surface area (Å²) in [6, 6.07) is 10.3. The monoisotopic (exact) mass is 2040 g/mol. The molecule has 18 atom stereocenters. The highest BCUT2D eigenvalue weighted by molar-refractivity contribution is 6.32. The number of hydrogen-bond donors (Lipinski definition) is 0. The molecule has 8 heterocycles. The standard InChI is InChI=1S/C36H46ClF2N3O6.C35H46ClF2N3O6.C35H44ClF2N3O6/c1-10-12-13-21-16-26(21)46-28(43)18-23(34(4,5)6)32(44)42-19-27(20(3)29(42)33(45)48-35(7,8)9)47-31-30(36(38,39)11-2)40-24-15-14-22(37)17-25(24)41-31;2*1-19-26-18-41(28(19)32(44)47-34(5,6)7)31(43)22(33(2,3)4)17-27(42)45-25-15-20(25)11-9-8-10-14-35(37,38)29-30(46-26)40-24-16-21(36)12-13-23(24)39-29/h10-11,14-15,17,20-21,23,26-27,29H,1-2,12-13,16,18-19H2,3-9H3;12-13,16,19-20,22,25-26,28H,8-11,14-15,17-18H2,1-7H3;10,12-14,16,19-20,22,25-26,28H,8-9,11,15,17-18H2,1-7H3/b;;14-10+/t20-,21-,23-,26-,27+,29+;2*19-,20-,22-,25-,26+,28+/m111/s1. The molecule has 0 spiro atoms. The van der Waals surface area contributed by atoms with Crippen LogP contribution in [0.15, 0.2) is 92.1 Å². The van der Waals surface area contributed by atoms with Crippen LogP contribution in [-0.2, 0) is 89.3 Å². The minimum Gasteiger partial charge on any atom is -0.471 e. The Hall–Kier alpha value is -10.0. The number of esters is 6. The molecule has 8 aliphatic rings. The number of fused-ring (bicyclic) bond motifs is 11. The van der Waals surface area contributed by atoms with Gasteiger partial charge in [0.05, 0.1) is 89.8 Å². The fraction of sp³-hybridized carbons (Fsp3) is 0.632. The van der Waals surface area contributed by atoms with Crippen molar-refractivity contribution in [1.29, 1.82) is 0 Å². The van der Waals surface area contributed by atoms with Gasteiger partial charge in [-0.2, -0.15) is 26.3 Å². The van der Waals surface area contributed by atoms with Crippen molar-refractivity contribution in [3.8, 4) is 17.6 Å². The zero-order valence-electron chi connectivity index (χ0n) is 85.0. The van der Waals surface area contributed by atoms with Crippen LogP contribution in [0.5, 0.6) is 17.6 Å². The van der Waals surface area contributed by atoms with Crippen LogP contribution in [0, 0.1) is 69.5 Å². The van der Waals surface area contributed by atoms with E-state index in [9.17, 15) is 43.2 Å². The van der Waals surface area contributed by atoms with E-state index in [1.165, 1.54) is 63.2 Å². The van der Waals surface area contributed by atoms with Crippen LogP contribution < -0.4 is 14.2 Å². The van der Waals surface area contributed by atoms with E-state index < -0.39 is 212 Å². The lowest BCUT2D eigenvalue weighted by molar-refractivity contribution is -0.167. The number of ether oxygens (including phenoxy) is 9. The first-order chi connectivity index (χ1) is 65.9. The first-order valence-electron chi connectivity index (χ1n) is 49.1. The van der Waals surface area contributed by atoms with E-state index in [-0.39, 0.29) is 120 Å². The summed E-state index contributed by atoms with van der Waals surface area (Å²) in [5.74, 6) is -20.6. The van der Waals surface area contributed by atoms with E-state index in [2.05, 4.69) is 43.1 Å². The number of amides is 3. The number of aromatic nitrogens is 6. The highest BCUT2D eigenvalue weighted by Crippen LogP contribution is 2.50. The zero-order valence-corrected chi connectivity index (χ0v) is 87.3. The topological polar surface area (TPSA) is 324 Å². The van der Waals surface area contributed by atoms with Crippen LogP contribution in [0.1, 0.15) is 265 Å². The third kappa shape index (κ3) is 27.8. The second kappa shape index (κ2) is 43.3. The Morgan fingerprint density at radius 3 is 1.44 bits per heavy atom. The van der Waals surface area contributed by atoms with E-state index >= 15 is 26.3 Å². The van der Waals surface area contributed by atoms with E-state index in [1.807, 2.05) is 68.4 Å². The smallest absolute Gasteiger partial charge is 0.329 e. The maximum atomic E-state index is 16.0. The molecule has 3 aromatic carbocycles. The molecule has 0 unspecified atom stereocenters. The number of allylic oxidation sites excluding steroid dienone is 4. The normalized spacial score (nSPS) is 27.2. The molecule has 6 fully saturated rings. The number of likely N-dealkylation sites (tertiary alicyclic amines) is 1. The van der Waals surface area contributed by atoms with E-state index in [4.69, 9.17) is 77.4 Å². The lowest BCUT2D eigenvalue weighted by Crippen LogP contribution is -2.50. The highest BCUT2D eigenvalue weighted by atomic mass is 35.5. The molecule has 6 aromatic rings. The van der Waals surface area contributed by atoms with Gasteiger partial charge < -0.3 is 57.3 Å². The molecule has 4 bridgehead atoms. The fourth-order valence-electron chi connectivity index (χ4n) is 18.8. The molecule has 142 heavy (non-hydrogen) atoms. The molecular formula is C106H136Cl3F6N9O18. The third-order valence-electron chi connectivity index (χ3n) is 27.1. The number of halogens is 9. The second-order valence-corrected chi connectivity index (χ2v) is 46.7. The Balaban J connectivity index is 0.000000190.